The topological polar surface area (TPSA) is 19.4 Å². The molecule has 0 aromatic carbocycles. The normalized spacial score (nSPS) is 33.1. The molecule has 2 unspecified atom stereocenters. The minimum absolute atomic E-state index is 0.837. The van der Waals surface area contributed by atoms with Gasteiger partial charge in [-0.2, -0.15) is 0 Å². The maximum absolute atomic E-state index is 4.42. The van der Waals surface area contributed by atoms with Crippen molar-refractivity contribution in [2.24, 2.45) is 11.8 Å². The van der Waals surface area contributed by atoms with Gasteiger partial charge >= 0.3 is 0 Å². The lowest BCUT2D eigenvalue weighted by molar-refractivity contribution is 0.154. The van der Waals surface area contributed by atoms with Gasteiger partial charge in [-0.1, -0.05) is 0 Å². The molecular formula is C14H21N3S. The highest BCUT2D eigenvalue weighted by Gasteiger charge is 2.40. The first kappa shape index (κ1) is 11.4. The van der Waals surface area contributed by atoms with Crippen LogP contribution in [0, 0.1) is 11.8 Å². The Bertz CT molecular complexity index is 401. The van der Waals surface area contributed by atoms with Gasteiger partial charge in [0.25, 0.3) is 0 Å². The van der Waals surface area contributed by atoms with Crippen LogP contribution in [0.2, 0.25) is 0 Å². The van der Waals surface area contributed by atoms with Gasteiger partial charge in [0.1, 0.15) is 5.01 Å². The number of likely N-dealkylation sites (tertiary alicyclic amines) is 2. The van der Waals surface area contributed by atoms with Crippen molar-refractivity contribution < 1.29 is 0 Å². The zero-order valence-corrected chi connectivity index (χ0v) is 11.6. The van der Waals surface area contributed by atoms with Crippen LogP contribution in [0.5, 0.6) is 0 Å². The molecule has 4 heteroatoms. The maximum atomic E-state index is 4.42. The number of rotatable bonds is 4. The molecule has 18 heavy (non-hydrogen) atoms. The van der Waals surface area contributed by atoms with Gasteiger partial charge in [0.2, 0.25) is 0 Å². The highest BCUT2D eigenvalue weighted by Crippen LogP contribution is 2.36. The highest BCUT2D eigenvalue weighted by molar-refractivity contribution is 7.09. The molecule has 2 aliphatic heterocycles. The molecule has 1 aliphatic carbocycles. The number of piperidine rings is 1. The number of aromatic nitrogens is 1. The number of hydrogen-bond acceptors (Lipinski definition) is 4. The monoisotopic (exact) mass is 263 g/mol. The zero-order chi connectivity index (χ0) is 11.9. The Hall–Kier alpha value is -0.450. The van der Waals surface area contributed by atoms with Gasteiger partial charge in [0.05, 0.1) is 6.54 Å². The quantitative estimate of drug-likeness (QED) is 0.829. The summed E-state index contributed by atoms with van der Waals surface area (Å²) in [4.78, 5) is 9.83. The van der Waals surface area contributed by atoms with Gasteiger partial charge < -0.3 is 0 Å². The minimum atomic E-state index is 0.837. The van der Waals surface area contributed by atoms with Crippen molar-refractivity contribution >= 4 is 11.3 Å². The Kier molecular flexibility index (Phi) is 2.90. The summed E-state index contributed by atoms with van der Waals surface area (Å²) in [6.45, 7) is 6.36. The fourth-order valence-corrected chi connectivity index (χ4v) is 4.31. The van der Waals surface area contributed by atoms with E-state index in [2.05, 4.69) is 20.2 Å². The molecule has 2 bridgehead atoms. The first-order valence-corrected chi connectivity index (χ1v) is 8.09. The van der Waals surface area contributed by atoms with E-state index < -0.39 is 0 Å². The molecule has 2 saturated heterocycles. The van der Waals surface area contributed by atoms with Crippen molar-refractivity contribution in [1.82, 2.24) is 14.8 Å². The smallest absolute Gasteiger partial charge is 0.107 e. The summed E-state index contributed by atoms with van der Waals surface area (Å²) in [6, 6.07) is 0.837. The molecule has 1 aromatic heterocycles. The molecule has 0 amide bonds. The summed E-state index contributed by atoms with van der Waals surface area (Å²) >= 11 is 1.79. The van der Waals surface area contributed by atoms with Gasteiger partial charge in [0.15, 0.2) is 0 Å². The van der Waals surface area contributed by atoms with Gasteiger partial charge in [-0.15, -0.1) is 11.3 Å². The average molecular weight is 263 g/mol. The number of fused-ring (bicyclic) bond motifs is 2. The summed E-state index contributed by atoms with van der Waals surface area (Å²) in [7, 11) is 0. The predicted octanol–water partition coefficient (Wildman–Crippen LogP) is 2.06. The van der Waals surface area contributed by atoms with Crippen LogP contribution in [-0.4, -0.2) is 47.0 Å². The van der Waals surface area contributed by atoms with E-state index in [1.807, 2.05) is 6.20 Å². The lowest BCUT2D eigenvalue weighted by Gasteiger charge is -2.32. The van der Waals surface area contributed by atoms with Gasteiger partial charge in [-0.05, 0) is 31.1 Å². The highest BCUT2D eigenvalue weighted by atomic mass is 32.1. The van der Waals surface area contributed by atoms with E-state index in [0.717, 1.165) is 24.4 Å². The Morgan fingerprint density at radius 2 is 2.22 bits per heavy atom. The molecule has 1 aromatic rings. The summed E-state index contributed by atoms with van der Waals surface area (Å²) < 4.78 is 0. The van der Waals surface area contributed by atoms with Gasteiger partial charge in [0, 0.05) is 43.8 Å². The van der Waals surface area contributed by atoms with E-state index in [1.165, 1.54) is 50.4 Å². The summed E-state index contributed by atoms with van der Waals surface area (Å²) in [5, 5.41) is 3.37. The van der Waals surface area contributed by atoms with E-state index in [9.17, 15) is 0 Å². The van der Waals surface area contributed by atoms with E-state index in [1.54, 1.807) is 11.3 Å². The van der Waals surface area contributed by atoms with Crippen LogP contribution in [-0.2, 0) is 6.54 Å². The molecule has 2 atom stereocenters. The molecule has 3 aliphatic rings. The Balaban J connectivity index is 1.38. The lowest BCUT2D eigenvalue weighted by atomic mass is 10.00. The fourth-order valence-electron chi connectivity index (χ4n) is 3.66. The molecule has 0 radical (unpaired) electrons. The van der Waals surface area contributed by atoms with Crippen LogP contribution in [0.15, 0.2) is 11.6 Å². The molecule has 3 nitrogen and oxygen atoms in total. The SMILES string of the molecule is c1csc(CN2CC3CC(C2)N(CC2CC2)C3)n1. The largest absolute Gasteiger partial charge is 0.299 e. The number of thiazole rings is 1. The first-order chi connectivity index (χ1) is 8.87. The van der Waals surface area contributed by atoms with E-state index in [4.69, 9.17) is 0 Å². The lowest BCUT2D eigenvalue weighted by Crippen LogP contribution is -2.42. The zero-order valence-electron chi connectivity index (χ0n) is 10.8. The number of hydrogen-bond donors (Lipinski definition) is 0. The Labute approximate surface area is 113 Å². The van der Waals surface area contributed by atoms with E-state index in [0.29, 0.717) is 0 Å². The van der Waals surface area contributed by atoms with Crippen LogP contribution >= 0.6 is 11.3 Å². The third kappa shape index (κ3) is 2.33. The first-order valence-electron chi connectivity index (χ1n) is 7.21. The average Bonchev–Trinajstić information content (AvgIpc) is 2.94. The van der Waals surface area contributed by atoms with E-state index in [-0.39, 0.29) is 0 Å². The number of nitrogens with zero attached hydrogens (tertiary/aromatic N) is 3. The van der Waals surface area contributed by atoms with Crippen molar-refractivity contribution in [2.45, 2.75) is 31.8 Å². The predicted molar refractivity (Wildman–Crippen MR) is 73.6 cm³/mol. The van der Waals surface area contributed by atoms with Crippen molar-refractivity contribution in [3.8, 4) is 0 Å². The van der Waals surface area contributed by atoms with Gasteiger partial charge in [-0.3, -0.25) is 9.80 Å². The third-order valence-electron chi connectivity index (χ3n) is 4.63. The van der Waals surface area contributed by atoms with Crippen LogP contribution in [0.1, 0.15) is 24.3 Å². The minimum Gasteiger partial charge on any atom is -0.299 e. The van der Waals surface area contributed by atoms with Gasteiger partial charge in [-0.25, -0.2) is 4.98 Å². The van der Waals surface area contributed by atoms with Crippen molar-refractivity contribution in [2.75, 3.05) is 26.2 Å². The molecule has 1 saturated carbocycles. The molecule has 4 rings (SSSR count). The fraction of sp³-hybridized carbons (Fsp3) is 0.786. The molecule has 3 heterocycles. The summed E-state index contributed by atoms with van der Waals surface area (Å²) in [6.07, 6.45) is 6.34. The standard InChI is InChI=1S/C14H21N3S/c1-2-11(1)7-17-8-12-5-13(17)9-16(6-12)10-14-15-3-4-18-14/h3-4,11-13H,1-2,5-10H2. The van der Waals surface area contributed by atoms with Crippen LogP contribution in [0.4, 0.5) is 0 Å². The molecular weight excluding hydrogens is 242 g/mol. The molecule has 0 spiro atoms. The molecule has 0 N–H and O–H groups in total. The Morgan fingerprint density at radius 1 is 1.28 bits per heavy atom. The molecule has 3 fully saturated rings. The van der Waals surface area contributed by atoms with E-state index >= 15 is 0 Å². The Morgan fingerprint density at radius 3 is 3.00 bits per heavy atom. The maximum Gasteiger partial charge on any atom is 0.107 e. The summed E-state index contributed by atoms with van der Waals surface area (Å²) in [5.74, 6) is 1.96. The van der Waals surface area contributed by atoms with Crippen molar-refractivity contribution in [1.29, 1.82) is 0 Å². The van der Waals surface area contributed by atoms with Crippen molar-refractivity contribution in [3.63, 3.8) is 0 Å². The van der Waals surface area contributed by atoms with Crippen LogP contribution in [0.25, 0.3) is 0 Å². The third-order valence-corrected chi connectivity index (χ3v) is 5.40. The second-order valence-corrected chi connectivity index (χ2v) is 7.25. The second-order valence-electron chi connectivity index (χ2n) is 6.27. The molecule has 98 valence electrons. The van der Waals surface area contributed by atoms with Crippen LogP contribution in [0.3, 0.4) is 0 Å². The summed E-state index contributed by atoms with van der Waals surface area (Å²) in [5.41, 5.74) is 0. The van der Waals surface area contributed by atoms with Crippen molar-refractivity contribution in [3.05, 3.63) is 16.6 Å². The van der Waals surface area contributed by atoms with Crippen LogP contribution < -0.4 is 0 Å². The second kappa shape index (κ2) is 4.58.